The zero-order valence-electron chi connectivity index (χ0n) is 14.5. The Labute approximate surface area is 134 Å². The van der Waals surface area contributed by atoms with E-state index in [-0.39, 0.29) is 12.4 Å². The standard InChI is InChI=1S/C17H39N2.ClH/c1-5-7-8-9-10-11-12-13-14-15-16-19(3,4)17(18)6-2;/h17H,5-16,18H2,1-4H3;1H/q+1;/p-1. The van der Waals surface area contributed by atoms with Crippen LogP contribution in [-0.2, 0) is 0 Å². The second kappa shape index (κ2) is 14.2. The minimum atomic E-state index is 0. The highest BCUT2D eigenvalue weighted by Crippen LogP contribution is 2.12. The van der Waals surface area contributed by atoms with Gasteiger partial charge < -0.3 is 16.9 Å². The van der Waals surface area contributed by atoms with Crippen LogP contribution in [0.3, 0.4) is 0 Å². The van der Waals surface area contributed by atoms with Crippen molar-refractivity contribution in [2.75, 3.05) is 20.6 Å². The number of quaternary nitrogens is 1. The molecule has 124 valence electrons. The van der Waals surface area contributed by atoms with Crippen LogP contribution in [0.5, 0.6) is 0 Å². The van der Waals surface area contributed by atoms with Crippen LogP contribution in [0.1, 0.15) is 84.5 Å². The predicted molar refractivity (Wildman–Crippen MR) is 87.1 cm³/mol. The molecule has 0 aromatic rings. The number of hydrogen-bond donors (Lipinski definition) is 1. The van der Waals surface area contributed by atoms with Gasteiger partial charge >= 0.3 is 0 Å². The Morgan fingerprint density at radius 3 is 1.55 bits per heavy atom. The summed E-state index contributed by atoms with van der Waals surface area (Å²) in [6.45, 7) is 5.69. The summed E-state index contributed by atoms with van der Waals surface area (Å²) in [6, 6.07) is 0. The van der Waals surface area contributed by atoms with Gasteiger partial charge in [-0.25, -0.2) is 0 Å². The summed E-state index contributed by atoms with van der Waals surface area (Å²) in [4.78, 5) is 0. The van der Waals surface area contributed by atoms with Crippen LogP contribution in [0.2, 0.25) is 0 Å². The van der Waals surface area contributed by atoms with Crippen LogP contribution >= 0.6 is 0 Å². The molecule has 3 heteroatoms. The lowest BCUT2D eigenvalue weighted by Gasteiger charge is -2.35. The molecule has 0 radical (unpaired) electrons. The SMILES string of the molecule is CCCCCCCCCCCC[N+](C)(C)C(N)CC.[Cl-]. The summed E-state index contributed by atoms with van der Waals surface area (Å²) in [7, 11) is 4.53. The van der Waals surface area contributed by atoms with E-state index in [4.69, 9.17) is 5.73 Å². The minimum absolute atomic E-state index is 0. The molecule has 0 saturated heterocycles. The van der Waals surface area contributed by atoms with E-state index in [1.165, 1.54) is 70.8 Å². The third-order valence-corrected chi connectivity index (χ3v) is 4.40. The average molecular weight is 307 g/mol. The summed E-state index contributed by atoms with van der Waals surface area (Å²) in [5.41, 5.74) is 6.14. The number of rotatable bonds is 13. The van der Waals surface area contributed by atoms with Crippen molar-refractivity contribution >= 4 is 0 Å². The van der Waals surface area contributed by atoms with Crippen LogP contribution in [0.25, 0.3) is 0 Å². The summed E-state index contributed by atoms with van der Waals surface area (Å²) in [5, 5.41) is 0. The smallest absolute Gasteiger partial charge is 0.139 e. The fourth-order valence-corrected chi connectivity index (χ4v) is 2.67. The molecule has 0 fully saturated rings. The first kappa shape index (κ1) is 22.5. The van der Waals surface area contributed by atoms with E-state index >= 15 is 0 Å². The van der Waals surface area contributed by atoms with Gasteiger partial charge in [-0.05, 0) is 12.8 Å². The van der Waals surface area contributed by atoms with E-state index in [1.54, 1.807) is 0 Å². The highest BCUT2D eigenvalue weighted by atomic mass is 35.5. The molecule has 20 heavy (non-hydrogen) atoms. The number of halogens is 1. The van der Waals surface area contributed by atoms with E-state index in [1.807, 2.05) is 0 Å². The molecular formula is C17H39ClN2. The molecule has 0 aromatic carbocycles. The van der Waals surface area contributed by atoms with Gasteiger partial charge in [0.25, 0.3) is 0 Å². The second-order valence-electron chi connectivity index (χ2n) is 6.66. The Morgan fingerprint density at radius 2 is 1.15 bits per heavy atom. The minimum Gasteiger partial charge on any atom is -1.00 e. The van der Waals surface area contributed by atoms with Crippen molar-refractivity contribution in [2.24, 2.45) is 5.73 Å². The van der Waals surface area contributed by atoms with Crippen LogP contribution in [-0.4, -0.2) is 31.3 Å². The van der Waals surface area contributed by atoms with Crippen LogP contribution in [0, 0.1) is 0 Å². The lowest BCUT2D eigenvalue weighted by molar-refractivity contribution is -0.915. The van der Waals surface area contributed by atoms with Gasteiger partial charge in [0.15, 0.2) is 0 Å². The van der Waals surface area contributed by atoms with E-state index in [0.29, 0.717) is 6.17 Å². The summed E-state index contributed by atoms with van der Waals surface area (Å²) >= 11 is 0. The maximum absolute atomic E-state index is 6.14. The monoisotopic (exact) mass is 306 g/mol. The normalized spacial score (nSPS) is 13.1. The molecule has 2 N–H and O–H groups in total. The third kappa shape index (κ3) is 12.0. The lowest BCUT2D eigenvalue weighted by atomic mass is 10.1. The molecule has 0 heterocycles. The van der Waals surface area contributed by atoms with Gasteiger partial charge in [-0.1, -0.05) is 65.2 Å². The maximum atomic E-state index is 6.14. The van der Waals surface area contributed by atoms with Gasteiger partial charge in [0.2, 0.25) is 0 Å². The molecule has 0 spiro atoms. The van der Waals surface area contributed by atoms with Crippen molar-refractivity contribution in [1.29, 1.82) is 0 Å². The van der Waals surface area contributed by atoms with Gasteiger partial charge in [0.1, 0.15) is 6.17 Å². The van der Waals surface area contributed by atoms with E-state index in [2.05, 4.69) is 27.9 Å². The van der Waals surface area contributed by atoms with Gasteiger partial charge in [0, 0.05) is 6.42 Å². The van der Waals surface area contributed by atoms with E-state index in [9.17, 15) is 0 Å². The Balaban J connectivity index is 0. The molecule has 0 amide bonds. The summed E-state index contributed by atoms with van der Waals surface area (Å²) in [5.74, 6) is 0. The van der Waals surface area contributed by atoms with Crippen molar-refractivity contribution < 1.29 is 16.9 Å². The Kier molecular flexibility index (Phi) is 15.9. The van der Waals surface area contributed by atoms with Gasteiger partial charge in [-0.2, -0.15) is 0 Å². The zero-order chi connectivity index (χ0) is 14.6. The number of nitrogens with two attached hydrogens (primary N) is 1. The van der Waals surface area contributed by atoms with Crippen LogP contribution < -0.4 is 18.1 Å². The highest BCUT2D eigenvalue weighted by Gasteiger charge is 2.21. The largest absolute Gasteiger partial charge is 1.00 e. The second-order valence-corrected chi connectivity index (χ2v) is 6.66. The molecule has 0 rings (SSSR count). The third-order valence-electron chi connectivity index (χ3n) is 4.40. The number of hydrogen-bond acceptors (Lipinski definition) is 1. The Bertz CT molecular complexity index is 195. The molecule has 2 nitrogen and oxygen atoms in total. The van der Waals surface area contributed by atoms with Crippen molar-refractivity contribution in [2.45, 2.75) is 90.6 Å². The van der Waals surface area contributed by atoms with E-state index < -0.39 is 0 Å². The highest BCUT2D eigenvalue weighted by molar-refractivity contribution is 4.49. The first-order valence-electron chi connectivity index (χ1n) is 8.62. The topological polar surface area (TPSA) is 26.0 Å². The molecule has 0 saturated carbocycles. The summed E-state index contributed by atoms with van der Waals surface area (Å²) in [6.07, 6.45) is 15.5. The molecule has 0 aliphatic rings. The number of nitrogens with zero attached hydrogens (tertiary/aromatic N) is 1. The van der Waals surface area contributed by atoms with Crippen LogP contribution in [0.4, 0.5) is 0 Å². The molecule has 1 atom stereocenters. The first-order valence-corrected chi connectivity index (χ1v) is 8.62. The Morgan fingerprint density at radius 1 is 0.750 bits per heavy atom. The molecule has 0 aromatic heterocycles. The zero-order valence-corrected chi connectivity index (χ0v) is 15.2. The maximum Gasteiger partial charge on any atom is 0.139 e. The molecule has 0 bridgehead atoms. The molecule has 0 aliphatic carbocycles. The van der Waals surface area contributed by atoms with Crippen molar-refractivity contribution in [1.82, 2.24) is 0 Å². The number of unbranched alkanes of at least 4 members (excludes halogenated alkanes) is 9. The quantitative estimate of drug-likeness (QED) is 0.313. The Hall–Kier alpha value is 0.210. The average Bonchev–Trinajstić information content (AvgIpc) is 2.39. The van der Waals surface area contributed by atoms with Crippen molar-refractivity contribution in [3.63, 3.8) is 0 Å². The molecule has 0 aliphatic heterocycles. The predicted octanol–water partition coefficient (Wildman–Crippen LogP) is 1.68. The van der Waals surface area contributed by atoms with Crippen molar-refractivity contribution in [3.05, 3.63) is 0 Å². The van der Waals surface area contributed by atoms with Crippen LogP contribution in [0.15, 0.2) is 0 Å². The molecular weight excluding hydrogens is 268 g/mol. The van der Waals surface area contributed by atoms with Gasteiger partial charge in [-0.15, -0.1) is 0 Å². The lowest BCUT2D eigenvalue weighted by Crippen LogP contribution is -3.00. The fraction of sp³-hybridized carbons (Fsp3) is 1.00. The summed E-state index contributed by atoms with van der Waals surface area (Å²) < 4.78 is 0.980. The van der Waals surface area contributed by atoms with Crippen molar-refractivity contribution in [3.8, 4) is 0 Å². The first-order chi connectivity index (χ1) is 9.04. The fourth-order valence-electron chi connectivity index (χ4n) is 2.67. The van der Waals surface area contributed by atoms with Gasteiger partial charge in [0.05, 0.1) is 20.6 Å². The van der Waals surface area contributed by atoms with Gasteiger partial charge in [-0.3, -0.25) is 5.73 Å². The molecule has 1 unspecified atom stereocenters. The van der Waals surface area contributed by atoms with E-state index in [0.717, 1.165) is 10.9 Å².